The molecule has 19 heavy (non-hydrogen) atoms. The third-order valence-electron chi connectivity index (χ3n) is 4.26. The summed E-state index contributed by atoms with van der Waals surface area (Å²) in [6.45, 7) is 15.7. The van der Waals surface area contributed by atoms with E-state index in [1.165, 1.54) is 25.9 Å². The van der Waals surface area contributed by atoms with Crippen molar-refractivity contribution in [1.29, 1.82) is 0 Å². The number of likely N-dealkylation sites (tertiary alicyclic amines) is 1. The van der Waals surface area contributed by atoms with E-state index < -0.39 is 0 Å². The van der Waals surface area contributed by atoms with E-state index in [-0.39, 0.29) is 5.54 Å². The number of nitrogens with one attached hydrogen (secondary N) is 1. The normalized spacial score (nSPS) is 21.0. The molecule has 1 saturated heterocycles. The van der Waals surface area contributed by atoms with Gasteiger partial charge in [-0.2, -0.15) is 0 Å². The summed E-state index contributed by atoms with van der Waals surface area (Å²) >= 11 is 0. The van der Waals surface area contributed by atoms with Gasteiger partial charge in [0.2, 0.25) is 0 Å². The average molecular weight is 270 g/mol. The molecule has 1 atom stereocenters. The molecule has 0 aliphatic carbocycles. The maximum atomic E-state index is 5.42. The first-order valence-electron chi connectivity index (χ1n) is 7.81. The highest BCUT2D eigenvalue weighted by Gasteiger charge is 2.27. The SMILES string of the molecule is COCC(CNC(C)(C)C)N1CCC(C(C)C)CC1. The van der Waals surface area contributed by atoms with Gasteiger partial charge in [0.05, 0.1) is 6.61 Å². The molecular weight excluding hydrogens is 236 g/mol. The van der Waals surface area contributed by atoms with E-state index in [0.717, 1.165) is 25.0 Å². The van der Waals surface area contributed by atoms with E-state index in [1.807, 2.05) is 7.11 Å². The summed E-state index contributed by atoms with van der Waals surface area (Å²) in [6.07, 6.45) is 2.68. The molecule has 1 rings (SSSR count). The van der Waals surface area contributed by atoms with E-state index >= 15 is 0 Å². The lowest BCUT2D eigenvalue weighted by molar-refractivity contribution is 0.0547. The summed E-state index contributed by atoms with van der Waals surface area (Å²) in [7, 11) is 1.81. The highest BCUT2D eigenvalue weighted by Crippen LogP contribution is 2.25. The molecule has 1 unspecified atom stereocenters. The molecule has 0 aromatic heterocycles. The second kappa shape index (κ2) is 7.61. The summed E-state index contributed by atoms with van der Waals surface area (Å²) in [5.41, 5.74) is 0.183. The van der Waals surface area contributed by atoms with Crippen LogP contribution in [0.3, 0.4) is 0 Å². The third kappa shape index (κ3) is 6.24. The molecule has 0 spiro atoms. The molecule has 3 nitrogen and oxygen atoms in total. The molecular formula is C16H34N2O. The minimum absolute atomic E-state index is 0.183. The van der Waals surface area contributed by atoms with Crippen molar-refractivity contribution >= 4 is 0 Å². The van der Waals surface area contributed by atoms with Crippen molar-refractivity contribution in [3.63, 3.8) is 0 Å². The fourth-order valence-corrected chi connectivity index (χ4v) is 2.86. The van der Waals surface area contributed by atoms with Gasteiger partial charge in [0.1, 0.15) is 0 Å². The molecule has 0 saturated carbocycles. The average Bonchev–Trinajstić information content (AvgIpc) is 2.33. The van der Waals surface area contributed by atoms with Crippen LogP contribution in [0.25, 0.3) is 0 Å². The van der Waals surface area contributed by atoms with E-state index in [0.29, 0.717) is 6.04 Å². The summed E-state index contributed by atoms with van der Waals surface area (Å²) in [5, 5.41) is 3.62. The van der Waals surface area contributed by atoms with E-state index in [1.54, 1.807) is 0 Å². The number of nitrogens with zero attached hydrogens (tertiary/aromatic N) is 1. The van der Waals surface area contributed by atoms with Crippen LogP contribution in [0.2, 0.25) is 0 Å². The van der Waals surface area contributed by atoms with Gasteiger partial charge in [0, 0.05) is 25.2 Å². The molecule has 1 aliphatic heterocycles. The van der Waals surface area contributed by atoms with Crippen molar-refractivity contribution in [2.24, 2.45) is 11.8 Å². The standard InChI is InChI=1S/C16H34N2O/c1-13(2)14-7-9-18(10-8-14)15(12-19-6)11-17-16(3,4)5/h13-15,17H,7-12H2,1-6H3. The largest absolute Gasteiger partial charge is 0.383 e. The Kier molecular flexibility index (Phi) is 6.78. The maximum Gasteiger partial charge on any atom is 0.0630 e. The van der Waals surface area contributed by atoms with Crippen LogP contribution in [-0.2, 0) is 4.74 Å². The van der Waals surface area contributed by atoms with Gasteiger partial charge in [-0.25, -0.2) is 0 Å². The van der Waals surface area contributed by atoms with E-state index in [2.05, 4.69) is 44.8 Å². The highest BCUT2D eigenvalue weighted by atomic mass is 16.5. The number of hydrogen-bond acceptors (Lipinski definition) is 3. The number of rotatable bonds is 6. The van der Waals surface area contributed by atoms with Gasteiger partial charge in [-0.05, 0) is 58.5 Å². The maximum absolute atomic E-state index is 5.42. The first-order valence-corrected chi connectivity index (χ1v) is 7.81. The zero-order valence-electron chi connectivity index (χ0n) is 13.8. The molecule has 1 fully saturated rings. The molecule has 0 bridgehead atoms. The number of methoxy groups -OCH3 is 1. The van der Waals surface area contributed by atoms with Gasteiger partial charge in [0.25, 0.3) is 0 Å². The predicted octanol–water partition coefficient (Wildman–Crippen LogP) is 2.76. The van der Waals surface area contributed by atoms with Crippen molar-refractivity contribution < 1.29 is 4.74 Å². The summed E-state index contributed by atoms with van der Waals surface area (Å²) in [4.78, 5) is 2.61. The quantitative estimate of drug-likeness (QED) is 0.803. The monoisotopic (exact) mass is 270 g/mol. The number of ether oxygens (including phenoxy) is 1. The van der Waals surface area contributed by atoms with Crippen LogP contribution in [0.15, 0.2) is 0 Å². The van der Waals surface area contributed by atoms with Gasteiger partial charge in [-0.1, -0.05) is 13.8 Å². The zero-order valence-corrected chi connectivity index (χ0v) is 13.8. The molecule has 0 aromatic carbocycles. The molecule has 0 radical (unpaired) electrons. The lowest BCUT2D eigenvalue weighted by atomic mass is 9.86. The Morgan fingerprint density at radius 1 is 1.21 bits per heavy atom. The lowest BCUT2D eigenvalue weighted by Crippen LogP contribution is -2.52. The Bertz CT molecular complexity index is 240. The molecule has 1 heterocycles. The topological polar surface area (TPSA) is 24.5 Å². The minimum Gasteiger partial charge on any atom is -0.383 e. The van der Waals surface area contributed by atoms with Crippen LogP contribution < -0.4 is 5.32 Å². The molecule has 1 aliphatic rings. The Balaban J connectivity index is 2.44. The molecule has 114 valence electrons. The first-order chi connectivity index (χ1) is 8.83. The minimum atomic E-state index is 0.183. The van der Waals surface area contributed by atoms with Gasteiger partial charge in [-0.3, -0.25) is 4.90 Å². The van der Waals surface area contributed by atoms with Gasteiger partial charge >= 0.3 is 0 Å². The lowest BCUT2D eigenvalue weighted by Gasteiger charge is -2.39. The van der Waals surface area contributed by atoms with Crippen LogP contribution in [0.1, 0.15) is 47.5 Å². The van der Waals surface area contributed by atoms with Crippen LogP contribution in [0, 0.1) is 11.8 Å². The van der Waals surface area contributed by atoms with Crippen LogP contribution in [-0.4, -0.2) is 49.8 Å². The fourth-order valence-electron chi connectivity index (χ4n) is 2.86. The smallest absolute Gasteiger partial charge is 0.0630 e. The summed E-state index contributed by atoms with van der Waals surface area (Å²) in [6, 6.07) is 0.511. The van der Waals surface area contributed by atoms with Gasteiger partial charge < -0.3 is 10.1 Å². The van der Waals surface area contributed by atoms with Crippen molar-refractivity contribution in [2.45, 2.75) is 59.0 Å². The third-order valence-corrected chi connectivity index (χ3v) is 4.26. The fraction of sp³-hybridized carbons (Fsp3) is 1.00. The molecule has 1 N–H and O–H groups in total. The Morgan fingerprint density at radius 2 is 1.79 bits per heavy atom. The second-order valence-electron chi connectivity index (χ2n) is 7.36. The first kappa shape index (κ1) is 16.9. The van der Waals surface area contributed by atoms with Crippen molar-refractivity contribution in [3.05, 3.63) is 0 Å². The number of piperidine rings is 1. The summed E-state index contributed by atoms with van der Waals surface area (Å²) in [5.74, 6) is 1.74. The second-order valence-corrected chi connectivity index (χ2v) is 7.36. The van der Waals surface area contributed by atoms with Crippen molar-refractivity contribution in [3.8, 4) is 0 Å². The van der Waals surface area contributed by atoms with Crippen LogP contribution >= 0.6 is 0 Å². The molecule has 0 amide bonds. The Labute approximate surface area is 120 Å². The Hall–Kier alpha value is -0.120. The zero-order chi connectivity index (χ0) is 14.5. The highest BCUT2D eigenvalue weighted by molar-refractivity contribution is 4.83. The van der Waals surface area contributed by atoms with Gasteiger partial charge in [0.15, 0.2) is 0 Å². The van der Waals surface area contributed by atoms with Crippen molar-refractivity contribution in [1.82, 2.24) is 10.2 Å². The summed E-state index contributed by atoms with van der Waals surface area (Å²) < 4.78 is 5.42. The predicted molar refractivity (Wildman–Crippen MR) is 82.6 cm³/mol. The van der Waals surface area contributed by atoms with Crippen LogP contribution in [0.4, 0.5) is 0 Å². The molecule has 3 heteroatoms. The van der Waals surface area contributed by atoms with Crippen molar-refractivity contribution in [2.75, 3.05) is 33.4 Å². The van der Waals surface area contributed by atoms with Gasteiger partial charge in [-0.15, -0.1) is 0 Å². The van der Waals surface area contributed by atoms with E-state index in [4.69, 9.17) is 4.74 Å². The van der Waals surface area contributed by atoms with Crippen LogP contribution in [0.5, 0.6) is 0 Å². The van der Waals surface area contributed by atoms with E-state index in [9.17, 15) is 0 Å². The molecule has 0 aromatic rings. The Morgan fingerprint density at radius 3 is 2.21 bits per heavy atom. The number of hydrogen-bond donors (Lipinski definition) is 1.